The number of anilines is 1. The fourth-order valence-electron chi connectivity index (χ4n) is 1.94. The quantitative estimate of drug-likeness (QED) is 0.146. The molecule has 3 N–H and O–H groups in total. The average molecular weight is 435 g/mol. The smallest absolute Gasteiger partial charge is 0.292 e. The molecule has 8 heteroatoms. The third kappa shape index (κ3) is 8.00. The van der Waals surface area contributed by atoms with Gasteiger partial charge in [0.25, 0.3) is 5.69 Å². The van der Waals surface area contributed by atoms with E-state index in [0.717, 1.165) is 31.0 Å². The number of benzene rings is 1. The van der Waals surface area contributed by atoms with Crippen LogP contribution in [-0.2, 0) is 0 Å². The molecule has 0 amide bonds. The second-order valence-corrected chi connectivity index (χ2v) is 4.85. The molecule has 0 saturated heterocycles. The molecule has 0 bridgehead atoms. The maximum absolute atomic E-state index is 11.0. The second-order valence-electron chi connectivity index (χ2n) is 4.85. The maximum Gasteiger partial charge on any atom is 0.292 e. The van der Waals surface area contributed by atoms with E-state index in [-0.39, 0.29) is 34.6 Å². The molecule has 0 aliphatic heterocycles. The van der Waals surface area contributed by atoms with Crippen LogP contribution in [0.4, 0.5) is 11.4 Å². The van der Waals surface area contributed by atoms with Gasteiger partial charge in [0.15, 0.2) is 5.96 Å². The van der Waals surface area contributed by atoms with Crippen LogP contribution in [0.5, 0.6) is 0 Å². The van der Waals surface area contributed by atoms with E-state index in [2.05, 4.69) is 20.9 Å². The topological polar surface area (TPSA) is 91.6 Å². The van der Waals surface area contributed by atoms with Gasteiger partial charge in [0.1, 0.15) is 5.69 Å². The van der Waals surface area contributed by atoms with Gasteiger partial charge < -0.3 is 16.0 Å². The zero-order valence-electron chi connectivity index (χ0n) is 13.9. The maximum atomic E-state index is 11.0. The van der Waals surface area contributed by atoms with Crippen molar-refractivity contribution < 1.29 is 4.92 Å². The Morgan fingerprint density at radius 1 is 1.26 bits per heavy atom. The van der Waals surface area contributed by atoms with Crippen LogP contribution in [0.2, 0.25) is 0 Å². The van der Waals surface area contributed by atoms with E-state index in [1.807, 2.05) is 26.8 Å². The van der Waals surface area contributed by atoms with E-state index >= 15 is 0 Å². The number of aryl methyl sites for hydroxylation is 1. The number of nitro benzene ring substituents is 1. The minimum Gasteiger partial charge on any atom is -0.379 e. The van der Waals surface area contributed by atoms with Gasteiger partial charge in [-0.25, -0.2) is 0 Å². The highest BCUT2D eigenvalue weighted by atomic mass is 127. The third-order valence-electron chi connectivity index (χ3n) is 2.96. The summed E-state index contributed by atoms with van der Waals surface area (Å²) in [7, 11) is 0. The Morgan fingerprint density at radius 3 is 2.48 bits per heavy atom. The molecule has 1 aromatic rings. The summed E-state index contributed by atoms with van der Waals surface area (Å²) >= 11 is 0. The van der Waals surface area contributed by atoms with Crippen molar-refractivity contribution in [3.63, 3.8) is 0 Å². The number of hydrogen-bond donors (Lipinski definition) is 3. The van der Waals surface area contributed by atoms with Gasteiger partial charge >= 0.3 is 0 Å². The molecule has 0 fully saturated rings. The summed E-state index contributed by atoms with van der Waals surface area (Å²) < 4.78 is 0. The van der Waals surface area contributed by atoms with Crippen molar-refractivity contribution in [2.24, 2.45) is 4.99 Å². The monoisotopic (exact) mass is 435 g/mol. The van der Waals surface area contributed by atoms with Crippen LogP contribution < -0.4 is 16.0 Å². The number of nitro groups is 1. The lowest BCUT2D eigenvalue weighted by Crippen LogP contribution is -2.37. The van der Waals surface area contributed by atoms with Gasteiger partial charge in [-0.3, -0.25) is 15.1 Å². The molecule has 0 aliphatic carbocycles. The van der Waals surface area contributed by atoms with Crippen LogP contribution in [0.15, 0.2) is 23.2 Å². The molecule has 0 aliphatic rings. The van der Waals surface area contributed by atoms with Crippen molar-refractivity contribution in [3.05, 3.63) is 33.9 Å². The van der Waals surface area contributed by atoms with Gasteiger partial charge in [-0.2, -0.15) is 0 Å². The molecule has 7 nitrogen and oxygen atoms in total. The first kappa shape index (κ1) is 21.4. The summed E-state index contributed by atoms with van der Waals surface area (Å²) in [5, 5.41) is 20.4. The van der Waals surface area contributed by atoms with Gasteiger partial charge in [-0.05, 0) is 38.8 Å². The largest absolute Gasteiger partial charge is 0.379 e. The van der Waals surface area contributed by atoms with Crippen molar-refractivity contribution in [2.45, 2.75) is 27.2 Å². The van der Waals surface area contributed by atoms with Crippen molar-refractivity contribution in [1.29, 1.82) is 0 Å². The fourth-order valence-corrected chi connectivity index (χ4v) is 1.94. The van der Waals surface area contributed by atoms with Gasteiger partial charge in [0.05, 0.1) is 4.92 Å². The lowest BCUT2D eigenvalue weighted by atomic mass is 10.2. The molecule has 1 aromatic carbocycles. The first-order valence-corrected chi connectivity index (χ1v) is 7.59. The predicted octanol–water partition coefficient (Wildman–Crippen LogP) is 2.90. The zero-order chi connectivity index (χ0) is 16.4. The van der Waals surface area contributed by atoms with Crippen molar-refractivity contribution in [3.8, 4) is 0 Å². The number of nitrogens with one attached hydrogen (secondary N) is 3. The Balaban J connectivity index is 0.00000484. The van der Waals surface area contributed by atoms with E-state index < -0.39 is 0 Å². The Labute approximate surface area is 154 Å². The highest BCUT2D eigenvalue weighted by Gasteiger charge is 2.12. The summed E-state index contributed by atoms with van der Waals surface area (Å²) in [4.78, 5) is 15.1. The summed E-state index contributed by atoms with van der Waals surface area (Å²) in [6.07, 6.45) is 0.797. The van der Waals surface area contributed by atoms with E-state index in [1.54, 1.807) is 12.1 Å². The van der Waals surface area contributed by atoms with Gasteiger partial charge in [0.2, 0.25) is 0 Å². The summed E-state index contributed by atoms with van der Waals surface area (Å²) in [6, 6.07) is 5.19. The molecule has 0 radical (unpaired) electrons. The molecule has 23 heavy (non-hydrogen) atoms. The average Bonchev–Trinajstić information content (AvgIpc) is 2.48. The Morgan fingerprint density at radius 2 is 1.91 bits per heavy atom. The minimum atomic E-state index is -0.359. The van der Waals surface area contributed by atoms with Crippen molar-refractivity contribution >= 4 is 41.3 Å². The van der Waals surface area contributed by atoms with Crippen LogP contribution in [-0.4, -0.2) is 37.1 Å². The van der Waals surface area contributed by atoms with Gasteiger partial charge in [0, 0.05) is 32.2 Å². The van der Waals surface area contributed by atoms with Gasteiger partial charge in [-0.15, -0.1) is 24.0 Å². The molecule has 0 unspecified atom stereocenters. The van der Waals surface area contributed by atoms with Crippen LogP contribution in [0.25, 0.3) is 0 Å². The van der Waals surface area contributed by atoms with E-state index in [9.17, 15) is 10.1 Å². The van der Waals surface area contributed by atoms with Crippen molar-refractivity contribution in [2.75, 3.05) is 31.5 Å². The second kappa shape index (κ2) is 11.9. The van der Waals surface area contributed by atoms with E-state index in [4.69, 9.17) is 0 Å². The van der Waals surface area contributed by atoms with Crippen molar-refractivity contribution in [1.82, 2.24) is 10.6 Å². The number of nitrogens with zero attached hydrogens (tertiary/aromatic N) is 2. The van der Waals surface area contributed by atoms with Gasteiger partial charge in [-0.1, -0.05) is 6.07 Å². The third-order valence-corrected chi connectivity index (χ3v) is 2.96. The molecule has 130 valence electrons. The standard InChI is InChI=1S/C15H25N5O2.HI/c1-4-16-15(17-5-2)19-10-6-9-18-13-8-7-12(3)11-14(13)20(21)22;/h7-8,11,18H,4-6,9-10H2,1-3H3,(H2,16,17,19);1H. The molecule has 1 rings (SSSR count). The van der Waals surface area contributed by atoms with E-state index in [1.165, 1.54) is 0 Å². The lowest BCUT2D eigenvalue weighted by Gasteiger charge is -2.09. The summed E-state index contributed by atoms with van der Waals surface area (Å²) in [5.41, 5.74) is 1.55. The molecular formula is C15H26IN5O2. The highest BCUT2D eigenvalue weighted by Crippen LogP contribution is 2.25. The number of hydrogen-bond acceptors (Lipinski definition) is 4. The first-order valence-electron chi connectivity index (χ1n) is 7.59. The first-order chi connectivity index (χ1) is 10.6. The normalized spacial score (nSPS) is 9.52. The highest BCUT2D eigenvalue weighted by molar-refractivity contribution is 14.0. The Hall–Kier alpha value is -1.58. The van der Waals surface area contributed by atoms with Crippen LogP contribution in [0, 0.1) is 17.0 Å². The molecule has 0 spiro atoms. The number of guanidine groups is 1. The summed E-state index contributed by atoms with van der Waals surface area (Å²) in [5.74, 6) is 0.798. The number of rotatable bonds is 8. The SMILES string of the molecule is CCNC(=NCCCNc1ccc(C)cc1[N+](=O)[O-])NCC.I. The van der Waals surface area contributed by atoms with E-state index in [0.29, 0.717) is 18.8 Å². The molecule has 0 heterocycles. The summed E-state index contributed by atoms with van der Waals surface area (Å²) in [6.45, 7) is 8.81. The molecule has 0 saturated carbocycles. The Kier molecular flexibility index (Phi) is 11.1. The van der Waals surface area contributed by atoms with Crippen LogP contribution >= 0.6 is 24.0 Å². The molecule has 0 aromatic heterocycles. The molecular weight excluding hydrogens is 409 g/mol. The molecule has 0 atom stereocenters. The lowest BCUT2D eigenvalue weighted by molar-refractivity contribution is -0.384. The number of halogens is 1. The number of aliphatic imine (C=N–C) groups is 1. The fraction of sp³-hybridized carbons (Fsp3) is 0.533. The van der Waals surface area contributed by atoms with Crippen LogP contribution in [0.3, 0.4) is 0 Å². The Bertz CT molecular complexity index is 515. The predicted molar refractivity (Wildman–Crippen MR) is 106 cm³/mol. The van der Waals surface area contributed by atoms with Crippen LogP contribution in [0.1, 0.15) is 25.8 Å². The minimum absolute atomic E-state index is 0. The zero-order valence-corrected chi connectivity index (χ0v) is 16.2.